The van der Waals surface area contributed by atoms with E-state index >= 15 is 0 Å². The van der Waals surface area contributed by atoms with E-state index in [9.17, 15) is 19.3 Å². The van der Waals surface area contributed by atoms with Crippen molar-refractivity contribution in [2.24, 2.45) is 10.2 Å². The molecule has 0 fully saturated rings. The molecule has 2 amide bonds. The van der Waals surface area contributed by atoms with E-state index in [1.165, 1.54) is 12.1 Å². The van der Waals surface area contributed by atoms with Gasteiger partial charge in [0, 0.05) is 52.0 Å². The Morgan fingerprint density at radius 1 is 0.947 bits per heavy atom. The summed E-state index contributed by atoms with van der Waals surface area (Å²) in [6.07, 6.45) is 1.52. The van der Waals surface area contributed by atoms with E-state index in [1.54, 1.807) is 37.4 Å². The molecule has 1 unspecified atom stereocenters. The second kappa shape index (κ2) is 16.5. The molecule has 0 aliphatic rings. The van der Waals surface area contributed by atoms with Crippen molar-refractivity contribution in [2.75, 3.05) is 47.1 Å². The minimum Gasteiger partial charge on any atom is -0.508 e. The largest absolute Gasteiger partial charge is 0.508 e. The highest BCUT2D eigenvalue weighted by Crippen LogP contribution is 2.41. The Bertz CT molecular complexity index is 1110. The molecule has 0 aromatic heterocycles. The number of hydrogen-bond donors (Lipinski definition) is 4. The fraction of sp³-hybridized carbons (Fsp3) is 0.417. The third-order valence-electron chi connectivity index (χ3n) is 4.87. The van der Waals surface area contributed by atoms with E-state index in [2.05, 4.69) is 29.9 Å². The van der Waals surface area contributed by atoms with Crippen LogP contribution in [0, 0.1) is 0 Å². The lowest BCUT2D eigenvalue weighted by Gasteiger charge is -2.10. The van der Waals surface area contributed by atoms with Gasteiger partial charge >= 0.3 is 7.82 Å². The van der Waals surface area contributed by atoms with Gasteiger partial charge in [0.1, 0.15) is 17.2 Å². The Balaban J connectivity index is 1.85. The zero-order valence-corrected chi connectivity index (χ0v) is 22.2. The van der Waals surface area contributed by atoms with Crippen LogP contribution in [-0.4, -0.2) is 68.9 Å². The number of nitrogens with zero attached hydrogens (tertiary/aromatic N) is 2. The Hall–Kier alpha value is -3.35. The summed E-state index contributed by atoms with van der Waals surface area (Å²) in [6.45, 7) is 1.19. The van der Waals surface area contributed by atoms with Gasteiger partial charge in [-0.05, 0) is 49.2 Å². The van der Waals surface area contributed by atoms with E-state index in [1.807, 2.05) is 0 Å². The van der Waals surface area contributed by atoms with E-state index in [0.29, 0.717) is 48.7 Å². The molecule has 1 atom stereocenters. The molecule has 0 spiro atoms. The van der Waals surface area contributed by atoms with Crippen molar-refractivity contribution < 1.29 is 42.7 Å². The fourth-order valence-corrected chi connectivity index (χ4v) is 3.35. The Morgan fingerprint density at radius 2 is 1.71 bits per heavy atom. The van der Waals surface area contributed by atoms with Gasteiger partial charge in [-0.15, -0.1) is 5.11 Å². The highest BCUT2D eigenvalue weighted by molar-refractivity contribution is 7.47. The summed E-state index contributed by atoms with van der Waals surface area (Å²) in [7, 11) is -1.43. The number of phenols is 1. The zero-order chi connectivity index (χ0) is 27.8. The Morgan fingerprint density at radius 3 is 2.42 bits per heavy atom. The van der Waals surface area contributed by atoms with E-state index in [0.717, 1.165) is 13.5 Å². The lowest BCUT2D eigenvalue weighted by Crippen LogP contribution is -2.26. The number of benzene rings is 2. The topological polar surface area (TPSA) is 177 Å². The summed E-state index contributed by atoms with van der Waals surface area (Å²) in [6, 6.07) is 10.7. The molecule has 208 valence electrons. The number of phenolic OH excluding ortho intramolecular Hbond substituents is 1. The van der Waals surface area contributed by atoms with Gasteiger partial charge in [-0.25, -0.2) is 4.57 Å². The highest BCUT2D eigenvalue weighted by atomic mass is 31.2. The van der Waals surface area contributed by atoms with Crippen molar-refractivity contribution in [3.05, 3.63) is 48.0 Å². The van der Waals surface area contributed by atoms with Crippen LogP contribution in [0.5, 0.6) is 11.5 Å². The molecule has 0 aliphatic heterocycles. The molecule has 0 heterocycles. The lowest BCUT2D eigenvalue weighted by atomic mass is 10.2. The van der Waals surface area contributed by atoms with Crippen LogP contribution in [0.3, 0.4) is 0 Å². The third kappa shape index (κ3) is 11.8. The Labute approximate surface area is 220 Å². The number of hydrogen-bond acceptors (Lipinski definition) is 10. The first-order valence-corrected chi connectivity index (χ1v) is 13.3. The van der Waals surface area contributed by atoms with E-state index < -0.39 is 13.7 Å². The summed E-state index contributed by atoms with van der Waals surface area (Å²) in [5.74, 6) is -0.166. The minimum atomic E-state index is -4.09. The van der Waals surface area contributed by atoms with E-state index in [-0.39, 0.29) is 31.4 Å². The molecule has 0 radical (unpaired) electrons. The van der Waals surface area contributed by atoms with Gasteiger partial charge in [-0.2, -0.15) is 5.11 Å². The molecule has 38 heavy (non-hydrogen) atoms. The number of amides is 2. The molecule has 0 saturated heterocycles. The number of phosphoric acid groups is 1. The van der Waals surface area contributed by atoms with Crippen LogP contribution < -0.4 is 15.4 Å². The molecule has 2 aromatic rings. The molecule has 0 saturated carbocycles. The number of phosphoric ester groups is 1. The number of nitrogens with one attached hydrogen (secondary N) is 2. The first-order chi connectivity index (χ1) is 18.2. The first-order valence-electron chi connectivity index (χ1n) is 11.8. The number of azo groups is 1. The van der Waals surface area contributed by atoms with Gasteiger partial charge in [0.25, 0.3) is 5.91 Å². The standard InChI is InChI=1S/C24H33N4O9P/c1-34-14-4-12-25-23(30)5-3-15-36-22-17-20(29)10-11-21(22)28-27-19-8-6-18(7-9-19)24(31)26-13-16-37-38(32,33)35-2/h6-11,17,29H,3-5,12-16H2,1-2H3,(H,25,30)(H,26,31)(H,32,33)/b28-27+. The van der Waals surface area contributed by atoms with Crippen LogP contribution in [0.1, 0.15) is 29.6 Å². The first kappa shape index (κ1) is 30.9. The van der Waals surface area contributed by atoms with Crippen LogP contribution in [0.4, 0.5) is 11.4 Å². The maximum atomic E-state index is 12.2. The number of ether oxygens (including phenoxy) is 2. The van der Waals surface area contributed by atoms with E-state index in [4.69, 9.17) is 14.4 Å². The molecular weight excluding hydrogens is 519 g/mol. The predicted molar refractivity (Wildman–Crippen MR) is 138 cm³/mol. The molecule has 13 nitrogen and oxygen atoms in total. The summed E-state index contributed by atoms with van der Waals surface area (Å²) in [5.41, 5.74) is 1.19. The molecule has 4 N–H and O–H groups in total. The van der Waals surface area contributed by atoms with Crippen molar-refractivity contribution in [1.82, 2.24) is 10.6 Å². The van der Waals surface area contributed by atoms with Crippen LogP contribution in [0.15, 0.2) is 52.7 Å². The smallest absolute Gasteiger partial charge is 0.471 e. The van der Waals surface area contributed by atoms with Crippen molar-refractivity contribution in [2.45, 2.75) is 19.3 Å². The molecule has 14 heteroatoms. The summed E-state index contributed by atoms with van der Waals surface area (Å²) >= 11 is 0. The molecule has 2 rings (SSSR count). The zero-order valence-electron chi connectivity index (χ0n) is 21.3. The minimum absolute atomic E-state index is 0.000346. The average molecular weight is 553 g/mol. The number of rotatable bonds is 17. The SMILES string of the molecule is COCCCNC(=O)CCCOc1cc(O)ccc1/N=N/c1ccc(C(=O)NCCOP(=O)(O)OC)cc1. The summed E-state index contributed by atoms with van der Waals surface area (Å²) in [5, 5.41) is 23.5. The van der Waals surface area contributed by atoms with Crippen molar-refractivity contribution >= 4 is 31.0 Å². The second-order valence-electron chi connectivity index (χ2n) is 7.79. The molecule has 0 bridgehead atoms. The van der Waals surface area contributed by atoms with Crippen LogP contribution >= 0.6 is 7.82 Å². The highest BCUT2D eigenvalue weighted by Gasteiger charge is 2.17. The normalized spacial score (nSPS) is 12.7. The van der Waals surface area contributed by atoms with Gasteiger partial charge in [-0.3, -0.25) is 18.6 Å². The predicted octanol–water partition coefficient (Wildman–Crippen LogP) is 3.61. The maximum Gasteiger partial charge on any atom is 0.471 e. The quantitative estimate of drug-likeness (QED) is 0.130. The summed E-state index contributed by atoms with van der Waals surface area (Å²) < 4.78 is 30.8. The van der Waals surface area contributed by atoms with Crippen molar-refractivity contribution in [3.63, 3.8) is 0 Å². The van der Waals surface area contributed by atoms with Gasteiger partial charge in [0.05, 0.1) is 18.9 Å². The average Bonchev–Trinajstić information content (AvgIpc) is 2.91. The van der Waals surface area contributed by atoms with Gasteiger partial charge in [0.2, 0.25) is 5.91 Å². The summed E-state index contributed by atoms with van der Waals surface area (Å²) in [4.78, 5) is 33.2. The van der Waals surface area contributed by atoms with Crippen LogP contribution in [-0.2, 0) is 23.1 Å². The molecule has 2 aromatic carbocycles. The second-order valence-corrected chi connectivity index (χ2v) is 9.35. The monoisotopic (exact) mass is 552 g/mol. The lowest BCUT2D eigenvalue weighted by molar-refractivity contribution is -0.121. The van der Waals surface area contributed by atoms with Gasteiger partial charge < -0.3 is 30.1 Å². The fourth-order valence-electron chi connectivity index (χ4n) is 2.92. The third-order valence-corrected chi connectivity index (χ3v) is 5.84. The van der Waals surface area contributed by atoms with Crippen LogP contribution in [0.2, 0.25) is 0 Å². The maximum absolute atomic E-state index is 12.2. The number of methoxy groups -OCH3 is 1. The number of carbonyl (C=O) groups excluding carboxylic acids is 2. The van der Waals surface area contributed by atoms with Gasteiger partial charge in [0.15, 0.2) is 0 Å². The van der Waals surface area contributed by atoms with Crippen molar-refractivity contribution in [3.8, 4) is 11.5 Å². The Kier molecular flexibility index (Phi) is 13.4. The molecular formula is C24H33N4O9P. The molecule has 0 aliphatic carbocycles. The number of carbonyl (C=O) groups is 2. The van der Waals surface area contributed by atoms with Gasteiger partial charge in [-0.1, -0.05) is 0 Å². The van der Waals surface area contributed by atoms with Crippen molar-refractivity contribution in [1.29, 1.82) is 0 Å². The number of aromatic hydroxyl groups is 1. The van der Waals surface area contributed by atoms with Crippen LogP contribution in [0.25, 0.3) is 0 Å².